The Balaban J connectivity index is 1.49. The van der Waals surface area contributed by atoms with Crippen molar-refractivity contribution in [2.45, 2.75) is 78.0 Å². The average Bonchev–Trinajstić information content (AvgIpc) is 3.64. The van der Waals surface area contributed by atoms with E-state index in [1.165, 1.54) is 23.2 Å². The van der Waals surface area contributed by atoms with Crippen LogP contribution in [0.1, 0.15) is 63.6 Å². The number of fused-ring (bicyclic) bond motifs is 1. The average molecular weight is 581 g/mol. The summed E-state index contributed by atoms with van der Waals surface area (Å²) in [6.07, 6.45) is 1.35. The molecule has 1 aromatic carbocycles. The molecule has 0 bridgehead atoms. The number of Topliss-reactive ketones (excluding diaryl/α,β-unsaturated/α-hetero) is 1. The molecule has 4 amide bonds. The van der Waals surface area contributed by atoms with Crippen LogP contribution in [-0.2, 0) is 19.2 Å². The number of ketones is 1. The number of hydrogen-bond acceptors (Lipinski definition) is 6. The van der Waals surface area contributed by atoms with Crippen molar-refractivity contribution in [3.63, 3.8) is 0 Å². The molecule has 1 aromatic heterocycles. The molecule has 0 aliphatic carbocycles. The Labute approximate surface area is 245 Å². The molecular weight excluding hydrogens is 540 g/mol. The highest BCUT2D eigenvalue weighted by Crippen LogP contribution is 2.32. The summed E-state index contributed by atoms with van der Waals surface area (Å²) in [7, 11) is 0. The van der Waals surface area contributed by atoms with Gasteiger partial charge in [0.2, 0.25) is 17.7 Å². The van der Waals surface area contributed by atoms with Crippen LogP contribution in [0.3, 0.4) is 0 Å². The highest BCUT2D eigenvalue weighted by Gasteiger charge is 2.53. The van der Waals surface area contributed by atoms with E-state index in [4.69, 9.17) is 0 Å². The molecule has 2 saturated heterocycles. The predicted molar refractivity (Wildman–Crippen MR) is 158 cm³/mol. The van der Waals surface area contributed by atoms with Crippen LogP contribution in [0, 0.1) is 11.8 Å². The third-order valence-corrected chi connectivity index (χ3v) is 8.70. The Hall–Kier alpha value is -3.53. The number of nitrogens with zero attached hydrogens (tertiary/aromatic N) is 2. The Morgan fingerprint density at radius 1 is 0.878 bits per heavy atom. The van der Waals surface area contributed by atoms with E-state index < -0.39 is 24.2 Å². The van der Waals surface area contributed by atoms with Gasteiger partial charge in [-0.1, -0.05) is 58.0 Å². The van der Waals surface area contributed by atoms with Crippen LogP contribution in [-0.4, -0.2) is 76.5 Å². The fourth-order valence-electron chi connectivity index (χ4n) is 5.84. The quantitative estimate of drug-likeness (QED) is 0.447. The lowest BCUT2D eigenvalue weighted by Gasteiger charge is -2.30. The summed E-state index contributed by atoms with van der Waals surface area (Å²) < 4.78 is 0. The first-order valence-corrected chi connectivity index (χ1v) is 15.1. The molecule has 3 heterocycles. The van der Waals surface area contributed by atoms with E-state index in [9.17, 15) is 24.0 Å². The summed E-state index contributed by atoms with van der Waals surface area (Å²) in [6.45, 7) is 9.50. The normalized spacial score (nSPS) is 19.8. The maximum atomic E-state index is 13.9. The van der Waals surface area contributed by atoms with E-state index in [1.54, 1.807) is 11.0 Å². The molecule has 4 atom stereocenters. The number of carbonyl (C=O) groups excluding carboxylic acids is 5. The zero-order valence-electron chi connectivity index (χ0n) is 24.4. The number of carbonyl (C=O) groups is 5. The highest BCUT2D eigenvalue weighted by molar-refractivity contribution is 7.17. The van der Waals surface area contributed by atoms with Crippen LogP contribution in [0.25, 0.3) is 10.4 Å². The van der Waals surface area contributed by atoms with Crippen molar-refractivity contribution in [1.82, 2.24) is 20.4 Å². The summed E-state index contributed by atoms with van der Waals surface area (Å²) in [4.78, 5) is 70.1. The van der Waals surface area contributed by atoms with Gasteiger partial charge < -0.3 is 20.4 Å². The Morgan fingerprint density at radius 3 is 2.10 bits per heavy atom. The molecule has 4 unspecified atom stereocenters. The fraction of sp³-hybridized carbons (Fsp3) is 0.516. The van der Waals surface area contributed by atoms with E-state index in [-0.39, 0.29) is 47.8 Å². The van der Waals surface area contributed by atoms with Crippen molar-refractivity contribution in [1.29, 1.82) is 0 Å². The summed E-state index contributed by atoms with van der Waals surface area (Å²) in [5.74, 6) is -1.13. The van der Waals surface area contributed by atoms with Gasteiger partial charge in [-0.3, -0.25) is 24.0 Å². The SMILES string of the molecule is CC(=O)NC(CC(C)C)C(=O)N1CC(=O)C2C1CCN2C(=O)C(CC(C)C)NC(=O)c1ccc(-c2ccccc2)s1. The topological polar surface area (TPSA) is 116 Å². The monoisotopic (exact) mass is 580 g/mol. The van der Waals surface area contributed by atoms with Gasteiger partial charge >= 0.3 is 0 Å². The lowest BCUT2D eigenvalue weighted by atomic mass is 10.0. The van der Waals surface area contributed by atoms with Gasteiger partial charge in [-0.25, -0.2) is 0 Å². The predicted octanol–water partition coefficient (Wildman–Crippen LogP) is 3.49. The van der Waals surface area contributed by atoms with E-state index in [0.717, 1.165) is 10.4 Å². The van der Waals surface area contributed by atoms with Gasteiger partial charge in [0.25, 0.3) is 5.91 Å². The Bertz CT molecular complexity index is 1290. The second-order valence-corrected chi connectivity index (χ2v) is 12.9. The van der Waals surface area contributed by atoms with E-state index in [2.05, 4.69) is 10.6 Å². The Kier molecular flexibility index (Phi) is 9.63. The largest absolute Gasteiger partial charge is 0.345 e. The number of thiophene rings is 1. The first kappa shape index (κ1) is 30.4. The second-order valence-electron chi connectivity index (χ2n) is 11.8. The second kappa shape index (κ2) is 13.0. The molecule has 41 heavy (non-hydrogen) atoms. The number of benzene rings is 1. The number of nitrogens with one attached hydrogen (secondary N) is 2. The first-order valence-electron chi connectivity index (χ1n) is 14.3. The zero-order valence-corrected chi connectivity index (χ0v) is 25.2. The molecule has 2 fully saturated rings. The lowest BCUT2D eigenvalue weighted by Crippen LogP contribution is -2.53. The molecule has 0 radical (unpaired) electrons. The first-order chi connectivity index (χ1) is 19.5. The van der Waals surface area contributed by atoms with Crippen LogP contribution in [0.15, 0.2) is 42.5 Å². The molecule has 4 rings (SSSR count). The van der Waals surface area contributed by atoms with Crippen LogP contribution < -0.4 is 10.6 Å². The number of amides is 4. The minimum atomic E-state index is -0.797. The van der Waals surface area contributed by atoms with Crippen molar-refractivity contribution >= 4 is 40.7 Å². The van der Waals surface area contributed by atoms with Gasteiger partial charge in [0.1, 0.15) is 18.1 Å². The molecule has 2 aromatic rings. The van der Waals surface area contributed by atoms with Crippen LogP contribution >= 0.6 is 11.3 Å². The van der Waals surface area contributed by atoms with Crippen molar-refractivity contribution in [3.05, 3.63) is 47.3 Å². The van der Waals surface area contributed by atoms with Crippen molar-refractivity contribution in [2.24, 2.45) is 11.8 Å². The number of rotatable bonds is 10. The highest BCUT2D eigenvalue weighted by atomic mass is 32.1. The van der Waals surface area contributed by atoms with Gasteiger partial charge in [0.15, 0.2) is 5.78 Å². The summed E-state index contributed by atoms with van der Waals surface area (Å²) in [5, 5.41) is 5.67. The molecule has 9 nitrogen and oxygen atoms in total. The van der Waals surface area contributed by atoms with Gasteiger partial charge in [0.05, 0.1) is 17.5 Å². The van der Waals surface area contributed by atoms with E-state index in [1.807, 2.05) is 64.1 Å². The molecule has 2 N–H and O–H groups in total. The van der Waals surface area contributed by atoms with Crippen LogP contribution in [0.4, 0.5) is 0 Å². The zero-order chi connectivity index (χ0) is 29.8. The summed E-state index contributed by atoms with van der Waals surface area (Å²) in [6, 6.07) is 10.7. The van der Waals surface area contributed by atoms with Gasteiger partial charge in [-0.05, 0) is 48.8 Å². The minimum Gasteiger partial charge on any atom is -0.345 e. The molecule has 220 valence electrons. The maximum absolute atomic E-state index is 13.9. The van der Waals surface area contributed by atoms with Gasteiger partial charge in [0, 0.05) is 18.3 Å². The standard InChI is InChI=1S/C31H40N4O5S/c1-18(2)15-22(32-20(5)36)31(40)35-17-25(37)28-24(35)13-14-34(28)30(39)23(16-19(3)4)33-29(38)27-12-11-26(41-27)21-9-7-6-8-10-21/h6-12,18-19,22-24,28H,13-17H2,1-5H3,(H,32,36)(H,33,38). The summed E-state index contributed by atoms with van der Waals surface area (Å²) in [5.41, 5.74) is 1.02. The number of likely N-dealkylation sites (tertiary alicyclic amines) is 2. The van der Waals surface area contributed by atoms with Crippen LogP contribution in [0.2, 0.25) is 0 Å². The number of hydrogen-bond donors (Lipinski definition) is 2. The molecule has 0 spiro atoms. The van der Waals surface area contributed by atoms with Crippen molar-refractivity contribution in [2.75, 3.05) is 13.1 Å². The molecule has 2 aliphatic heterocycles. The maximum Gasteiger partial charge on any atom is 0.262 e. The van der Waals surface area contributed by atoms with Gasteiger partial charge in [-0.2, -0.15) is 0 Å². The lowest BCUT2D eigenvalue weighted by molar-refractivity contribution is -0.138. The summed E-state index contributed by atoms with van der Waals surface area (Å²) >= 11 is 1.36. The molecule has 0 saturated carbocycles. The molecule has 10 heteroatoms. The van der Waals surface area contributed by atoms with E-state index in [0.29, 0.717) is 30.7 Å². The molecular formula is C31H40N4O5S. The third kappa shape index (κ3) is 7.04. The van der Waals surface area contributed by atoms with Crippen molar-refractivity contribution < 1.29 is 24.0 Å². The minimum absolute atomic E-state index is 0.0925. The fourth-order valence-corrected chi connectivity index (χ4v) is 6.75. The molecule has 2 aliphatic rings. The van der Waals surface area contributed by atoms with E-state index >= 15 is 0 Å². The van der Waals surface area contributed by atoms with Gasteiger partial charge in [-0.15, -0.1) is 11.3 Å². The van der Waals surface area contributed by atoms with Crippen LogP contribution in [0.5, 0.6) is 0 Å². The Morgan fingerprint density at radius 2 is 1.49 bits per heavy atom. The third-order valence-electron chi connectivity index (χ3n) is 7.57. The smallest absolute Gasteiger partial charge is 0.262 e. The van der Waals surface area contributed by atoms with Crippen molar-refractivity contribution in [3.8, 4) is 10.4 Å².